The van der Waals surface area contributed by atoms with Crippen LogP contribution in [0.15, 0.2) is 0 Å². The molecule has 2 unspecified atom stereocenters. The molecule has 0 aromatic carbocycles. The van der Waals surface area contributed by atoms with E-state index in [1.54, 1.807) is 18.7 Å². The number of rotatable bonds is 10. The molecule has 120 valence electrons. The first-order chi connectivity index (χ1) is 9.26. The van der Waals surface area contributed by atoms with Gasteiger partial charge in [0.15, 0.2) is 0 Å². The Morgan fingerprint density at radius 2 is 1.85 bits per heavy atom. The van der Waals surface area contributed by atoms with Crippen LogP contribution in [0.4, 0.5) is 4.39 Å². The van der Waals surface area contributed by atoms with Crippen LogP contribution in [-0.4, -0.2) is 28.7 Å². The second-order valence-corrected chi connectivity index (χ2v) is 7.62. The number of halogens is 1. The highest BCUT2D eigenvalue weighted by molar-refractivity contribution is 8.00. The van der Waals surface area contributed by atoms with E-state index < -0.39 is 11.8 Å². The van der Waals surface area contributed by atoms with Gasteiger partial charge in [-0.05, 0) is 59.1 Å². The average Bonchev–Trinajstić information content (AvgIpc) is 2.29. The number of carbonyl (C=O) groups excluding carboxylic acids is 1. The molecule has 0 radical (unpaired) electrons. The Morgan fingerprint density at radius 1 is 1.20 bits per heavy atom. The molecule has 0 heterocycles. The van der Waals surface area contributed by atoms with Crippen molar-refractivity contribution < 1.29 is 13.9 Å². The molecule has 0 spiro atoms. The number of alkyl halides is 1. The number of hydrogen-bond donors (Lipinski definition) is 0. The molecule has 0 aromatic rings. The van der Waals surface area contributed by atoms with E-state index in [1.165, 1.54) is 0 Å². The Kier molecular flexibility index (Phi) is 10.3. The van der Waals surface area contributed by atoms with E-state index in [0.29, 0.717) is 6.42 Å². The Labute approximate surface area is 128 Å². The van der Waals surface area contributed by atoms with Crippen molar-refractivity contribution in [1.29, 1.82) is 0 Å². The quantitative estimate of drug-likeness (QED) is 0.412. The summed E-state index contributed by atoms with van der Waals surface area (Å²) in [6.45, 7) is 9.41. The van der Waals surface area contributed by atoms with Crippen LogP contribution in [-0.2, 0) is 9.53 Å². The number of ether oxygens (including phenoxy) is 1. The molecule has 0 saturated heterocycles. The number of unbranched alkanes of at least 4 members (excludes halogenated alkanes) is 2. The molecule has 0 aliphatic rings. The summed E-state index contributed by atoms with van der Waals surface area (Å²) in [5.74, 6) is 0.801. The molecule has 0 amide bonds. The van der Waals surface area contributed by atoms with Gasteiger partial charge in [-0.2, -0.15) is 0 Å². The van der Waals surface area contributed by atoms with Gasteiger partial charge in [0.25, 0.3) is 0 Å². The minimum absolute atomic E-state index is 0.0722. The smallest absolute Gasteiger partial charge is 0.319 e. The Balaban J connectivity index is 4.10. The van der Waals surface area contributed by atoms with E-state index in [1.807, 2.05) is 20.8 Å². The highest BCUT2D eigenvalue weighted by atomic mass is 32.2. The van der Waals surface area contributed by atoms with Gasteiger partial charge in [0, 0.05) is 0 Å². The molecule has 0 aromatic heterocycles. The van der Waals surface area contributed by atoms with E-state index in [2.05, 4.69) is 6.92 Å². The second kappa shape index (κ2) is 10.5. The number of esters is 1. The third kappa shape index (κ3) is 11.6. The lowest BCUT2D eigenvalue weighted by atomic mass is 10.1. The number of hydrogen-bond acceptors (Lipinski definition) is 3. The van der Waals surface area contributed by atoms with Gasteiger partial charge in [-0.3, -0.25) is 4.79 Å². The zero-order valence-corrected chi connectivity index (χ0v) is 14.5. The molecule has 0 N–H and O–H groups in total. The number of thioether (sulfide) groups is 1. The monoisotopic (exact) mass is 306 g/mol. The molecular weight excluding hydrogens is 275 g/mol. The predicted molar refractivity (Wildman–Crippen MR) is 86.0 cm³/mol. The van der Waals surface area contributed by atoms with E-state index in [0.717, 1.165) is 37.9 Å². The Morgan fingerprint density at radius 3 is 2.35 bits per heavy atom. The molecule has 0 saturated carbocycles. The summed E-state index contributed by atoms with van der Waals surface area (Å²) in [4.78, 5) is 12.1. The van der Waals surface area contributed by atoms with Crippen LogP contribution < -0.4 is 0 Å². The third-order valence-corrected chi connectivity index (χ3v) is 4.16. The fourth-order valence-electron chi connectivity index (χ4n) is 1.78. The summed E-state index contributed by atoms with van der Waals surface area (Å²) in [7, 11) is 0. The van der Waals surface area contributed by atoms with Gasteiger partial charge >= 0.3 is 5.97 Å². The van der Waals surface area contributed by atoms with Crippen molar-refractivity contribution in [3.8, 4) is 0 Å². The normalized spacial score (nSPS) is 14.9. The third-order valence-electron chi connectivity index (χ3n) is 2.80. The van der Waals surface area contributed by atoms with Crippen molar-refractivity contribution in [1.82, 2.24) is 0 Å². The van der Waals surface area contributed by atoms with Crippen molar-refractivity contribution in [3.63, 3.8) is 0 Å². The van der Waals surface area contributed by atoms with Crippen molar-refractivity contribution in [2.45, 2.75) is 90.2 Å². The van der Waals surface area contributed by atoms with Gasteiger partial charge in [0.05, 0.1) is 6.17 Å². The van der Waals surface area contributed by atoms with Gasteiger partial charge in [0.1, 0.15) is 10.9 Å². The largest absolute Gasteiger partial charge is 0.459 e. The first kappa shape index (κ1) is 19.8. The summed E-state index contributed by atoms with van der Waals surface area (Å²) in [6, 6.07) is 0. The second-order valence-electron chi connectivity index (χ2n) is 6.31. The molecule has 0 aliphatic carbocycles. The van der Waals surface area contributed by atoms with Crippen molar-refractivity contribution in [3.05, 3.63) is 0 Å². The summed E-state index contributed by atoms with van der Waals surface area (Å²) >= 11 is 1.66. The summed E-state index contributed by atoms with van der Waals surface area (Å²) in [5.41, 5.74) is -0.425. The average molecular weight is 306 g/mol. The van der Waals surface area contributed by atoms with E-state index >= 15 is 0 Å². The van der Waals surface area contributed by atoms with Crippen LogP contribution in [0, 0.1) is 0 Å². The van der Waals surface area contributed by atoms with Gasteiger partial charge in [0.2, 0.25) is 0 Å². The van der Waals surface area contributed by atoms with Crippen LogP contribution in [0.2, 0.25) is 0 Å². The molecule has 0 fully saturated rings. The summed E-state index contributed by atoms with van der Waals surface area (Å²) < 4.78 is 18.2. The molecule has 2 nitrogen and oxygen atoms in total. The fraction of sp³-hybridized carbons (Fsp3) is 0.938. The zero-order chi connectivity index (χ0) is 15.6. The standard InChI is InChI=1S/C16H31FO2S/c1-6-7-11-14(15(18)19-16(3,4)5)20-12-9-8-10-13(2)17/h13-14H,6-12H2,1-5H3. The Bertz CT molecular complexity index is 262. The molecule has 0 rings (SSSR count). The molecule has 4 heteroatoms. The molecule has 0 aliphatic heterocycles. The number of carbonyl (C=O) groups is 1. The first-order valence-electron chi connectivity index (χ1n) is 7.74. The Hall–Kier alpha value is -0.250. The maximum absolute atomic E-state index is 12.7. The van der Waals surface area contributed by atoms with Crippen molar-refractivity contribution in [2.24, 2.45) is 0 Å². The van der Waals surface area contributed by atoms with Crippen LogP contribution in [0.3, 0.4) is 0 Å². The van der Waals surface area contributed by atoms with Crippen molar-refractivity contribution >= 4 is 17.7 Å². The highest BCUT2D eigenvalue weighted by Gasteiger charge is 2.24. The zero-order valence-electron chi connectivity index (χ0n) is 13.7. The van der Waals surface area contributed by atoms with Crippen LogP contribution in [0.25, 0.3) is 0 Å². The lowest BCUT2D eigenvalue weighted by molar-refractivity contribution is -0.154. The summed E-state index contributed by atoms with van der Waals surface area (Å²) in [6.07, 6.45) is 4.74. The highest BCUT2D eigenvalue weighted by Crippen LogP contribution is 2.23. The lowest BCUT2D eigenvalue weighted by Crippen LogP contribution is -2.30. The van der Waals surface area contributed by atoms with E-state index in [-0.39, 0.29) is 11.2 Å². The minimum atomic E-state index is -0.721. The maximum atomic E-state index is 12.7. The predicted octanol–water partition coefficient (Wildman–Crippen LogP) is 5.15. The maximum Gasteiger partial charge on any atom is 0.319 e. The van der Waals surface area contributed by atoms with Crippen molar-refractivity contribution in [2.75, 3.05) is 5.75 Å². The first-order valence-corrected chi connectivity index (χ1v) is 8.79. The van der Waals surface area contributed by atoms with Gasteiger partial charge in [-0.15, -0.1) is 11.8 Å². The summed E-state index contributed by atoms with van der Waals surface area (Å²) in [5, 5.41) is -0.0722. The van der Waals surface area contributed by atoms with Crippen LogP contribution >= 0.6 is 11.8 Å². The van der Waals surface area contributed by atoms with Gasteiger partial charge in [-0.1, -0.05) is 19.8 Å². The fourth-order valence-corrected chi connectivity index (χ4v) is 2.95. The minimum Gasteiger partial charge on any atom is -0.459 e. The van der Waals surface area contributed by atoms with E-state index in [9.17, 15) is 9.18 Å². The molecule has 2 atom stereocenters. The van der Waals surface area contributed by atoms with Crippen LogP contribution in [0.1, 0.15) is 73.1 Å². The SMILES string of the molecule is CCCCC(SCCCCC(C)F)C(=O)OC(C)(C)C. The lowest BCUT2D eigenvalue weighted by Gasteiger charge is -2.23. The van der Waals surface area contributed by atoms with Gasteiger partial charge in [-0.25, -0.2) is 4.39 Å². The molecule has 0 bridgehead atoms. The topological polar surface area (TPSA) is 26.3 Å². The van der Waals surface area contributed by atoms with Crippen LogP contribution in [0.5, 0.6) is 0 Å². The molecule has 20 heavy (non-hydrogen) atoms. The van der Waals surface area contributed by atoms with E-state index in [4.69, 9.17) is 4.74 Å². The van der Waals surface area contributed by atoms with Gasteiger partial charge < -0.3 is 4.74 Å². The molecular formula is C16H31FO2S.